The van der Waals surface area contributed by atoms with Crippen molar-refractivity contribution in [2.24, 2.45) is 11.5 Å². The molecular formula is C73H121N2O66P. The average Bonchev–Trinajstić information content (AvgIpc) is 0.736. The molecule has 11 fully saturated rings. The van der Waals surface area contributed by atoms with Gasteiger partial charge in [-0.15, -0.1) is 0 Å². The zero-order chi connectivity index (χ0) is 105. The van der Waals surface area contributed by atoms with Gasteiger partial charge in [0, 0.05) is 12.8 Å². The van der Waals surface area contributed by atoms with E-state index in [1.165, 1.54) is 0 Å². The molecule has 11 aliphatic heterocycles. The third-order valence-electron chi connectivity index (χ3n) is 25.5. The van der Waals surface area contributed by atoms with Crippen LogP contribution in [0, 0.1) is 0 Å². The van der Waals surface area contributed by atoms with E-state index in [1.807, 2.05) is 0 Å². The summed E-state index contributed by atoms with van der Waals surface area (Å²) in [6, 6.07) is -3.71. The van der Waals surface area contributed by atoms with Gasteiger partial charge in [0.2, 0.25) is 0 Å². The molecule has 0 saturated carbocycles. The molecule has 11 aliphatic rings. The second kappa shape index (κ2) is 49.0. The van der Waals surface area contributed by atoms with Gasteiger partial charge in [-0.2, -0.15) is 0 Å². The maximum atomic E-state index is 14.4. The van der Waals surface area contributed by atoms with E-state index >= 15 is 0 Å². The monoisotopic (exact) mass is 2110 g/mol. The lowest BCUT2D eigenvalue weighted by atomic mass is 9.89. The lowest BCUT2D eigenvalue weighted by Gasteiger charge is -2.53. The first-order valence-corrected chi connectivity index (χ1v) is 45.0. The standard InChI is InChI=1S/C73H121N2O66P/c74-23-29(91)27(89)20(124-61(23)112)9-121-62-24(75)30(92)51(141-142(117,118)119)22(127-62)11-123-72(70(113)114)2-18(138-73(71(115)116)1-12(81)25(87)48(139-73)14(83)4-77)52(50(140-72)16(85)6-79)131-69-45(107)55(57(49(130-69)15(84)5-78)136-66-41(103)32(94)28(90)21(126-66)10-122-64-39(101)34(96)36(98)56(135-64)59(108)109)134-68-44(106)53(43(105)47(129-68)17(86)8-120-63-38(100)33(95)35(97)46(128-63)13(82)3-76)132-67-42(104)37(99)54(58(137-67)60(110)111)133-65-40(102)31(93)26(88)19(7-80)125-65/h12-58,61-69,76-107,112H,1-11,74-75H2,(H,108,109)(H,110,111)(H,113,114)(H,115,116)(H2,117,118,119)/t12-,13+,14-,15+,16-,17+,18-,19-,20-,21-,22-,23-,24-,25-,26-,27-,28-,29-,30-,31+,32+,33+,34+,35+,36-,37-,38+,39-,40-,41-,42-,43-,44+,45+,46-,47-,48-,49-,50-,51-,52-,53+,54-,55-,56+,57-,58+,61+,62-,63+,64-,65-,66+,67+,68-,69-,72-,73-/m1/s1. The van der Waals surface area contributed by atoms with Gasteiger partial charge in [0.1, 0.15) is 250 Å². The van der Waals surface area contributed by atoms with Gasteiger partial charge in [0.05, 0.1) is 83.8 Å². The topological polar surface area (TPSA) is 1130 Å². The quantitative estimate of drug-likeness (QED) is 0.0253. The first-order valence-electron chi connectivity index (χ1n) is 43.4. The molecule has 824 valence electrons. The Morgan fingerprint density at radius 1 is 0.331 bits per heavy atom. The Balaban J connectivity index is 1.03. The second-order valence-corrected chi connectivity index (χ2v) is 36.3. The van der Waals surface area contributed by atoms with Crippen LogP contribution < -0.4 is 11.5 Å². The summed E-state index contributed by atoms with van der Waals surface area (Å²) in [7, 11) is -5.97. The normalized spacial score (nSPS) is 49.0. The van der Waals surface area contributed by atoms with Crippen LogP contribution >= 0.6 is 7.82 Å². The lowest BCUT2D eigenvalue weighted by molar-refractivity contribution is -0.419. The van der Waals surface area contributed by atoms with Crippen LogP contribution in [0.25, 0.3) is 0 Å². The van der Waals surface area contributed by atoms with E-state index in [9.17, 15) is 222 Å². The third kappa shape index (κ3) is 25.2. The van der Waals surface area contributed by atoms with Crippen molar-refractivity contribution in [3.05, 3.63) is 0 Å². The van der Waals surface area contributed by atoms with Crippen LogP contribution in [-0.2, 0) is 128 Å². The summed E-state index contributed by atoms with van der Waals surface area (Å²) in [5.41, 5.74) is 11.9. The Morgan fingerprint density at radius 3 is 1.31 bits per heavy atom. The molecule has 0 aromatic carbocycles. The van der Waals surface area contributed by atoms with E-state index in [0.717, 1.165) is 0 Å². The smallest absolute Gasteiger partial charge is 0.470 e. The molecule has 58 atom stereocenters. The molecule has 11 heterocycles. The fourth-order valence-corrected chi connectivity index (χ4v) is 18.0. The van der Waals surface area contributed by atoms with E-state index in [1.54, 1.807) is 0 Å². The third-order valence-corrected chi connectivity index (χ3v) is 26.0. The number of nitrogens with two attached hydrogens (primary N) is 2. The number of aliphatic hydroxyl groups is 33. The number of ether oxygens (including phenoxy) is 21. The van der Waals surface area contributed by atoms with Crippen LogP contribution in [0.3, 0.4) is 0 Å². The Morgan fingerprint density at radius 2 is 0.746 bits per heavy atom. The van der Waals surface area contributed by atoms with Crippen molar-refractivity contribution < 1.29 is 326 Å². The van der Waals surface area contributed by atoms with Crippen LogP contribution in [0.1, 0.15) is 12.8 Å². The Bertz CT molecular complexity index is 4060. The van der Waals surface area contributed by atoms with E-state index < -0.39 is 459 Å². The molecule has 11 saturated heterocycles. The molecule has 43 N–H and O–H groups in total. The Hall–Kier alpha value is -4.25. The number of phosphoric acid groups is 1. The average molecular weight is 2110 g/mol. The number of aliphatic carboxylic acids is 4. The number of carbonyl (C=O) groups is 4. The van der Waals surface area contributed by atoms with Crippen molar-refractivity contribution in [3.63, 3.8) is 0 Å². The van der Waals surface area contributed by atoms with Crippen LogP contribution in [0.5, 0.6) is 0 Å². The number of rotatable bonds is 40. The van der Waals surface area contributed by atoms with Crippen molar-refractivity contribution in [1.29, 1.82) is 0 Å². The van der Waals surface area contributed by atoms with Crippen molar-refractivity contribution in [1.82, 2.24) is 0 Å². The van der Waals surface area contributed by atoms with E-state index in [0.29, 0.717) is 0 Å². The van der Waals surface area contributed by atoms with Crippen molar-refractivity contribution in [2.45, 2.75) is 368 Å². The second-order valence-electron chi connectivity index (χ2n) is 35.1. The van der Waals surface area contributed by atoms with E-state index in [-0.39, 0.29) is 0 Å². The minimum absolute atomic E-state index is 1.02. The summed E-state index contributed by atoms with van der Waals surface area (Å²) in [5.74, 6) is -16.9. The molecule has 0 spiro atoms. The van der Waals surface area contributed by atoms with Crippen molar-refractivity contribution in [3.8, 4) is 0 Å². The SMILES string of the molecule is N[C@@H]1[C@@H](O)[C@H](O)[C@@H](CO[C@@H]2O[C@H](CO[C@]3(C(=O)O)C[C@@H](O[C@]4(C(=O)O)C[C@@H](O)[C@@H](O)[C@@H]([C@H](O)CO)O4)[C@@H](O[C@H]4O[C@H]([C@@H](O)CO)[C@@H](O[C@@H]5O[C@H](CO[C@@H]6O[C@H](C(=O)O)[C@H](O)[C@H](O)[C@H]6O)[C@@H](O)[C@H](O)[C@H]5O)[C@H](O[C@H]5O[C@H]([C@@H](O)CO[C@H]6O[C@H]([C@@H](O)CO)[C@@H](O)[C@H](O)[C@@H]6O)[C@@H](O)[C@H](O[C@H]6O[C@H](C(=O)O)[C@H](O[C@H]7O[C@H](CO)[C@@H](O)[C@H](O)[C@H]7O)[C@H](O)[C@H]6O)[C@@H]5O)[C@@H]4O)[C@@H]([C@H](O)CO)O3)[C@@H](OP(=O)(O)O)[C@H](O)[C@H]2N)O[C@@H]1O. The molecule has 0 amide bonds. The summed E-state index contributed by atoms with van der Waals surface area (Å²) < 4.78 is 138. The molecule has 68 nitrogen and oxygen atoms in total. The summed E-state index contributed by atoms with van der Waals surface area (Å²) >= 11 is 0. The van der Waals surface area contributed by atoms with Gasteiger partial charge in [-0.05, 0) is 0 Å². The number of hydrogen-bond donors (Lipinski definition) is 41. The van der Waals surface area contributed by atoms with Crippen LogP contribution in [-0.4, -0.2) is 637 Å². The van der Waals surface area contributed by atoms with Crippen molar-refractivity contribution in [2.75, 3.05) is 59.5 Å². The van der Waals surface area contributed by atoms with Gasteiger partial charge in [0.25, 0.3) is 11.6 Å². The van der Waals surface area contributed by atoms with Crippen LogP contribution in [0.15, 0.2) is 0 Å². The molecule has 11 rings (SSSR count). The van der Waals surface area contributed by atoms with Gasteiger partial charge in [-0.25, -0.2) is 23.7 Å². The zero-order valence-electron chi connectivity index (χ0n) is 73.2. The van der Waals surface area contributed by atoms with E-state index in [4.69, 9.17) is 115 Å². The van der Waals surface area contributed by atoms with Crippen LogP contribution in [0.4, 0.5) is 0 Å². The first-order chi connectivity index (χ1) is 66.5. The van der Waals surface area contributed by atoms with Gasteiger partial charge in [0.15, 0.2) is 68.8 Å². The lowest BCUT2D eigenvalue weighted by Crippen LogP contribution is -2.71. The predicted octanol–water partition coefficient (Wildman–Crippen LogP) is -27.0. The minimum atomic E-state index is -5.97. The molecule has 69 heteroatoms. The Kier molecular flexibility index (Phi) is 40.7. The summed E-state index contributed by atoms with van der Waals surface area (Å²) in [6.07, 6.45) is -142. The largest absolute Gasteiger partial charge is 0.479 e. The summed E-state index contributed by atoms with van der Waals surface area (Å²) in [5, 5.41) is 413. The first kappa shape index (κ1) is 118. The maximum Gasteiger partial charge on any atom is 0.470 e. The molecule has 0 radical (unpaired) electrons. The van der Waals surface area contributed by atoms with Crippen molar-refractivity contribution >= 4 is 31.7 Å². The number of carboxylic acid groups (broad SMARTS) is 4. The zero-order valence-corrected chi connectivity index (χ0v) is 74.1. The highest BCUT2D eigenvalue weighted by atomic mass is 31.2. The molecule has 0 bridgehead atoms. The highest BCUT2D eigenvalue weighted by Gasteiger charge is 2.67. The van der Waals surface area contributed by atoms with E-state index in [2.05, 4.69) is 0 Å². The maximum absolute atomic E-state index is 14.4. The summed E-state index contributed by atoms with van der Waals surface area (Å²) in [4.78, 5) is 74.1. The van der Waals surface area contributed by atoms with Gasteiger partial charge < -0.3 is 310 Å². The number of aliphatic hydroxyl groups excluding tert-OH is 33. The highest BCUT2D eigenvalue weighted by molar-refractivity contribution is 7.46. The molecule has 0 aromatic heterocycles. The Labute approximate surface area is 794 Å². The molecular weight excluding hydrogens is 1990 g/mol. The fourth-order valence-electron chi connectivity index (χ4n) is 17.5. The molecule has 0 aliphatic carbocycles. The predicted molar refractivity (Wildman–Crippen MR) is 419 cm³/mol. The molecule has 0 aromatic rings. The number of carboxylic acids is 4. The minimum Gasteiger partial charge on any atom is -0.479 e. The number of hydrogen-bond acceptors (Lipinski definition) is 62. The van der Waals surface area contributed by atoms with Crippen LogP contribution in [0.2, 0.25) is 0 Å². The molecule has 0 unspecified atom stereocenters. The number of phosphoric ester groups is 1. The summed E-state index contributed by atoms with van der Waals surface area (Å²) in [6.45, 7) is -12.9. The highest BCUT2D eigenvalue weighted by Crippen LogP contribution is 2.48. The fraction of sp³-hybridized carbons (Fsp3) is 0.945. The van der Waals surface area contributed by atoms with Gasteiger partial charge >= 0.3 is 31.7 Å². The van der Waals surface area contributed by atoms with Gasteiger partial charge in [-0.3, -0.25) is 4.52 Å². The molecule has 142 heavy (non-hydrogen) atoms. The van der Waals surface area contributed by atoms with Gasteiger partial charge in [-0.1, -0.05) is 0 Å².